The fourth-order valence-electron chi connectivity index (χ4n) is 3.69. The largest absolute Gasteiger partial charge is 0.279 e. The molecule has 0 fully saturated rings. The van der Waals surface area contributed by atoms with Gasteiger partial charge in [0.05, 0.1) is 28.6 Å². The van der Waals surface area contributed by atoms with Crippen LogP contribution < -0.4 is 5.56 Å². The Bertz CT molecular complexity index is 1350. The second-order valence-corrected chi connectivity index (χ2v) is 6.88. The fourth-order valence-corrected chi connectivity index (χ4v) is 3.69. The lowest BCUT2D eigenvalue weighted by Crippen LogP contribution is -2.30. The third-order valence-corrected chi connectivity index (χ3v) is 5.12. The summed E-state index contributed by atoms with van der Waals surface area (Å²) in [6.07, 6.45) is 0. The number of amides is 2. The van der Waals surface area contributed by atoms with E-state index in [4.69, 9.17) is 0 Å². The van der Waals surface area contributed by atoms with Crippen LogP contribution in [0, 0.1) is 6.92 Å². The van der Waals surface area contributed by atoms with E-state index in [0.717, 1.165) is 10.5 Å². The molecule has 0 saturated carbocycles. The van der Waals surface area contributed by atoms with Gasteiger partial charge in [-0.25, -0.2) is 0 Å². The number of fused-ring (bicyclic) bond motifs is 4. The minimum atomic E-state index is -0.359. The highest BCUT2D eigenvalue weighted by atomic mass is 16.2. The summed E-state index contributed by atoms with van der Waals surface area (Å²) in [5.74, 6) is 0.0477. The standard InChI is InChI=1S/C20H15N5O3/c1-11-7-8-15-14(9-11)17(26)23(2)20-22-21-16(25(15)20)10-24-18(27)12-5-3-4-6-13(12)19(24)28/h3-9H,10H2,1-2H3. The molecule has 0 unspecified atom stereocenters. The van der Waals surface area contributed by atoms with E-state index < -0.39 is 0 Å². The average Bonchev–Trinajstić information content (AvgIpc) is 3.22. The summed E-state index contributed by atoms with van der Waals surface area (Å²) in [5, 5.41) is 8.82. The van der Waals surface area contributed by atoms with Gasteiger partial charge in [0, 0.05) is 7.05 Å². The van der Waals surface area contributed by atoms with Crippen LogP contribution in [-0.4, -0.2) is 35.9 Å². The number of imide groups is 1. The second-order valence-electron chi connectivity index (χ2n) is 6.88. The molecule has 3 heterocycles. The Kier molecular flexibility index (Phi) is 3.27. The highest BCUT2D eigenvalue weighted by molar-refractivity contribution is 6.21. The molecule has 4 aromatic rings. The number of aromatic nitrogens is 4. The van der Waals surface area contributed by atoms with Crippen LogP contribution >= 0.6 is 0 Å². The number of hydrogen-bond acceptors (Lipinski definition) is 5. The molecule has 2 aromatic carbocycles. The first-order valence-electron chi connectivity index (χ1n) is 8.76. The van der Waals surface area contributed by atoms with Crippen LogP contribution in [0.5, 0.6) is 0 Å². The summed E-state index contributed by atoms with van der Waals surface area (Å²) in [5.41, 5.74) is 2.19. The molecule has 1 aliphatic heterocycles. The molecule has 0 saturated heterocycles. The summed E-state index contributed by atoms with van der Waals surface area (Å²) in [6.45, 7) is 1.88. The molecule has 0 atom stereocenters. The third-order valence-electron chi connectivity index (χ3n) is 5.12. The number of hydrogen-bond donors (Lipinski definition) is 0. The Labute approximate surface area is 158 Å². The topological polar surface area (TPSA) is 89.6 Å². The van der Waals surface area contributed by atoms with Crippen molar-refractivity contribution in [3.8, 4) is 0 Å². The van der Waals surface area contributed by atoms with Gasteiger partial charge in [-0.15, -0.1) is 10.2 Å². The highest BCUT2D eigenvalue weighted by Crippen LogP contribution is 2.24. The normalized spacial score (nSPS) is 13.7. The van der Waals surface area contributed by atoms with E-state index in [1.807, 2.05) is 25.1 Å². The van der Waals surface area contributed by atoms with E-state index in [9.17, 15) is 14.4 Å². The van der Waals surface area contributed by atoms with E-state index in [0.29, 0.717) is 33.6 Å². The van der Waals surface area contributed by atoms with Crippen molar-refractivity contribution < 1.29 is 9.59 Å². The van der Waals surface area contributed by atoms with Crippen LogP contribution in [0.4, 0.5) is 0 Å². The van der Waals surface area contributed by atoms with E-state index in [1.165, 1.54) is 4.57 Å². The maximum Gasteiger partial charge on any atom is 0.262 e. The van der Waals surface area contributed by atoms with E-state index in [2.05, 4.69) is 10.2 Å². The number of rotatable bonds is 2. The molecule has 0 aliphatic carbocycles. The summed E-state index contributed by atoms with van der Waals surface area (Å²) >= 11 is 0. The maximum absolute atomic E-state index is 12.7. The van der Waals surface area contributed by atoms with Gasteiger partial charge in [0.15, 0.2) is 5.82 Å². The number of carbonyl (C=O) groups excluding carboxylic acids is 2. The van der Waals surface area contributed by atoms with Gasteiger partial charge >= 0.3 is 0 Å². The predicted molar refractivity (Wildman–Crippen MR) is 101 cm³/mol. The summed E-state index contributed by atoms with van der Waals surface area (Å²) < 4.78 is 3.14. The molecule has 8 nitrogen and oxygen atoms in total. The first-order valence-corrected chi connectivity index (χ1v) is 8.76. The van der Waals surface area contributed by atoms with Crippen molar-refractivity contribution >= 4 is 28.5 Å². The van der Waals surface area contributed by atoms with Gasteiger partial charge in [0.2, 0.25) is 5.78 Å². The highest BCUT2D eigenvalue weighted by Gasteiger charge is 2.36. The number of carbonyl (C=O) groups is 2. The molecular formula is C20H15N5O3. The zero-order valence-electron chi connectivity index (χ0n) is 15.2. The van der Waals surface area contributed by atoms with Crippen LogP contribution in [0.1, 0.15) is 32.1 Å². The fraction of sp³-hybridized carbons (Fsp3) is 0.150. The van der Waals surface area contributed by atoms with Gasteiger partial charge in [-0.05, 0) is 31.2 Å². The van der Waals surface area contributed by atoms with Crippen LogP contribution in [0.2, 0.25) is 0 Å². The Morgan fingerprint density at radius 3 is 2.29 bits per heavy atom. The quantitative estimate of drug-likeness (QED) is 0.499. The van der Waals surface area contributed by atoms with Gasteiger partial charge < -0.3 is 0 Å². The average molecular weight is 373 g/mol. The lowest BCUT2D eigenvalue weighted by molar-refractivity contribution is 0.0638. The monoisotopic (exact) mass is 373 g/mol. The molecule has 2 amide bonds. The van der Waals surface area contributed by atoms with E-state index >= 15 is 0 Å². The summed E-state index contributed by atoms with van der Waals surface area (Å²) in [7, 11) is 1.62. The Hall–Kier alpha value is -3.81. The molecule has 0 N–H and O–H groups in total. The molecule has 1 aliphatic rings. The van der Waals surface area contributed by atoms with Gasteiger partial charge in [-0.1, -0.05) is 23.8 Å². The predicted octanol–water partition coefficient (Wildman–Crippen LogP) is 1.69. The van der Waals surface area contributed by atoms with Gasteiger partial charge in [0.1, 0.15) is 0 Å². The number of nitrogens with zero attached hydrogens (tertiary/aromatic N) is 5. The van der Waals surface area contributed by atoms with Gasteiger partial charge in [-0.2, -0.15) is 0 Å². The third kappa shape index (κ3) is 2.08. The summed E-state index contributed by atoms with van der Waals surface area (Å²) in [4.78, 5) is 39.2. The molecule has 0 radical (unpaired) electrons. The Balaban J connectivity index is 1.70. The molecule has 138 valence electrons. The molecule has 28 heavy (non-hydrogen) atoms. The first-order chi connectivity index (χ1) is 13.5. The van der Waals surface area contributed by atoms with Crippen molar-refractivity contribution in [2.75, 3.05) is 0 Å². The van der Waals surface area contributed by atoms with Crippen molar-refractivity contribution in [1.82, 2.24) is 24.1 Å². The van der Waals surface area contributed by atoms with Gasteiger partial charge in [-0.3, -0.25) is 28.3 Å². The minimum Gasteiger partial charge on any atom is -0.279 e. The number of aryl methyl sites for hydroxylation is 2. The SMILES string of the molecule is Cc1ccc2c(c1)c(=O)n(C)c1nnc(CN3C(=O)c4ccccc4C3=O)n21. The smallest absolute Gasteiger partial charge is 0.262 e. The zero-order valence-corrected chi connectivity index (χ0v) is 15.2. The van der Waals surface area contributed by atoms with Gasteiger partial charge in [0.25, 0.3) is 17.4 Å². The summed E-state index contributed by atoms with van der Waals surface area (Å²) in [6, 6.07) is 12.3. The Morgan fingerprint density at radius 1 is 0.929 bits per heavy atom. The van der Waals surface area contributed by atoms with Crippen LogP contribution in [0.15, 0.2) is 47.3 Å². The van der Waals surface area contributed by atoms with E-state index in [-0.39, 0.29) is 23.9 Å². The lowest BCUT2D eigenvalue weighted by Gasteiger charge is -2.14. The first kappa shape index (κ1) is 16.4. The van der Waals surface area contributed by atoms with Crippen molar-refractivity contribution in [1.29, 1.82) is 0 Å². The van der Waals surface area contributed by atoms with Crippen molar-refractivity contribution in [3.63, 3.8) is 0 Å². The zero-order chi connectivity index (χ0) is 19.6. The lowest BCUT2D eigenvalue weighted by atomic mass is 10.1. The molecule has 8 heteroatoms. The Morgan fingerprint density at radius 2 is 1.61 bits per heavy atom. The van der Waals surface area contributed by atoms with Crippen molar-refractivity contribution in [3.05, 3.63) is 75.3 Å². The molecule has 5 rings (SSSR count). The molecular weight excluding hydrogens is 358 g/mol. The number of benzene rings is 2. The molecule has 2 aromatic heterocycles. The van der Waals surface area contributed by atoms with E-state index in [1.54, 1.807) is 35.7 Å². The second kappa shape index (κ2) is 5.59. The van der Waals surface area contributed by atoms with Crippen LogP contribution in [0.25, 0.3) is 16.7 Å². The maximum atomic E-state index is 12.7. The molecule has 0 spiro atoms. The molecule has 0 bridgehead atoms. The van der Waals surface area contributed by atoms with Crippen molar-refractivity contribution in [2.45, 2.75) is 13.5 Å². The van der Waals surface area contributed by atoms with Crippen LogP contribution in [0.3, 0.4) is 0 Å². The van der Waals surface area contributed by atoms with Crippen molar-refractivity contribution in [2.24, 2.45) is 7.05 Å². The minimum absolute atomic E-state index is 0.0330. The van der Waals surface area contributed by atoms with Crippen LogP contribution in [-0.2, 0) is 13.6 Å².